The third-order valence-corrected chi connectivity index (χ3v) is 6.16. The summed E-state index contributed by atoms with van der Waals surface area (Å²) in [4.78, 5) is 11.3. The molecule has 192 valence electrons. The van der Waals surface area contributed by atoms with Crippen molar-refractivity contribution in [3.63, 3.8) is 0 Å². The summed E-state index contributed by atoms with van der Waals surface area (Å²) in [5, 5.41) is 23.0. The van der Waals surface area contributed by atoms with Crippen LogP contribution in [0.5, 0.6) is 0 Å². The van der Waals surface area contributed by atoms with Crippen LogP contribution in [-0.4, -0.2) is 41.0 Å². The number of hydrogen-bond acceptors (Lipinski definition) is 4. The largest absolute Gasteiger partial charge is 0.478 e. The molecule has 0 radical (unpaired) electrons. The number of rotatable bonds is 11. The maximum Gasteiger partial charge on any atom is 0.335 e. The van der Waals surface area contributed by atoms with Crippen molar-refractivity contribution in [2.75, 3.05) is 13.2 Å². The summed E-state index contributed by atoms with van der Waals surface area (Å²) in [6, 6.07) is 16.3. The Labute approximate surface area is 210 Å². The Bertz CT molecular complexity index is 1210. The Balaban J connectivity index is 1.60. The number of aryl methyl sites for hydroxylation is 1. The number of aromatic carboxylic acids is 1. The van der Waals surface area contributed by atoms with E-state index in [4.69, 9.17) is 4.74 Å². The third-order valence-electron chi connectivity index (χ3n) is 6.16. The lowest BCUT2D eigenvalue weighted by Crippen LogP contribution is -2.46. The maximum absolute atomic E-state index is 14.0. The normalized spacial score (nSPS) is 13.4. The van der Waals surface area contributed by atoms with E-state index in [2.05, 4.69) is 5.32 Å². The van der Waals surface area contributed by atoms with Crippen LogP contribution in [0.3, 0.4) is 0 Å². The van der Waals surface area contributed by atoms with Crippen LogP contribution >= 0.6 is 0 Å². The minimum absolute atomic E-state index is 0.0733. The minimum atomic E-state index is -0.962. The number of halogens is 2. The highest BCUT2D eigenvalue weighted by Crippen LogP contribution is 2.31. The predicted octanol–water partition coefficient (Wildman–Crippen LogP) is 5.69. The van der Waals surface area contributed by atoms with Crippen molar-refractivity contribution >= 4 is 5.97 Å². The van der Waals surface area contributed by atoms with Gasteiger partial charge in [0, 0.05) is 12.1 Å². The topological polar surface area (TPSA) is 78.8 Å². The third kappa shape index (κ3) is 7.20. The molecule has 0 bridgehead atoms. The zero-order valence-electron chi connectivity index (χ0n) is 21.0. The van der Waals surface area contributed by atoms with E-state index in [9.17, 15) is 23.8 Å². The van der Waals surface area contributed by atoms with Gasteiger partial charge in [-0.25, -0.2) is 13.6 Å². The molecule has 0 saturated heterocycles. The Morgan fingerprint density at radius 1 is 1.08 bits per heavy atom. The molecule has 3 N–H and O–H groups in total. The van der Waals surface area contributed by atoms with Gasteiger partial charge in [0.15, 0.2) is 0 Å². The molecule has 7 heteroatoms. The second-order valence-corrected chi connectivity index (χ2v) is 9.73. The van der Waals surface area contributed by atoms with Crippen LogP contribution in [0.1, 0.15) is 53.9 Å². The molecule has 0 aliphatic carbocycles. The maximum atomic E-state index is 14.0. The number of hydrogen-bond donors (Lipinski definition) is 3. The monoisotopic (exact) mass is 497 g/mol. The van der Waals surface area contributed by atoms with Crippen molar-refractivity contribution in [2.45, 2.75) is 51.9 Å². The van der Waals surface area contributed by atoms with Crippen LogP contribution in [-0.2, 0) is 11.2 Å². The highest BCUT2D eigenvalue weighted by atomic mass is 19.1. The van der Waals surface area contributed by atoms with E-state index in [1.54, 1.807) is 19.1 Å². The van der Waals surface area contributed by atoms with E-state index in [1.807, 2.05) is 51.1 Å². The van der Waals surface area contributed by atoms with Gasteiger partial charge < -0.3 is 20.3 Å². The Kier molecular flexibility index (Phi) is 8.95. The number of aliphatic hydroxyl groups excluding tert-OH is 1. The number of benzene rings is 3. The lowest BCUT2D eigenvalue weighted by atomic mass is 9.94. The Hall–Kier alpha value is -3.13. The zero-order chi connectivity index (χ0) is 26.5. The summed E-state index contributed by atoms with van der Waals surface area (Å²) < 4.78 is 33.5. The van der Waals surface area contributed by atoms with Crippen molar-refractivity contribution in [2.24, 2.45) is 0 Å². The quantitative estimate of drug-likeness (QED) is 0.317. The Morgan fingerprint density at radius 2 is 1.81 bits per heavy atom. The molecule has 0 aromatic heterocycles. The van der Waals surface area contributed by atoms with Gasteiger partial charge >= 0.3 is 5.97 Å². The van der Waals surface area contributed by atoms with Gasteiger partial charge in [0.25, 0.3) is 0 Å². The van der Waals surface area contributed by atoms with Crippen molar-refractivity contribution in [1.29, 1.82) is 0 Å². The van der Waals surface area contributed by atoms with Crippen molar-refractivity contribution in [1.82, 2.24) is 5.32 Å². The first-order valence-corrected chi connectivity index (χ1v) is 11.9. The smallest absolute Gasteiger partial charge is 0.335 e. The van der Waals surface area contributed by atoms with Crippen molar-refractivity contribution in [3.05, 3.63) is 94.6 Å². The van der Waals surface area contributed by atoms with Crippen LogP contribution in [0, 0.1) is 18.6 Å². The van der Waals surface area contributed by atoms with E-state index in [0.29, 0.717) is 5.56 Å². The first-order valence-electron chi connectivity index (χ1n) is 11.9. The number of carboxylic acids is 1. The van der Waals surface area contributed by atoms with E-state index in [-0.39, 0.29) is 36.8 Å². The molecule has 0 aliphatic heterocycles. The highest BCUT2D eigenvalue weighted by molar-refractivity contribution is 5.90. The molecule has 0 heterocycles. The summed E-state index contributed by atoms with van der Waals surface area (Å²) in [5.74, 6) is -1.91. The van der Waals surface area contributed by atoms with Gasteiger partial charge in [-0.3, -0.25) is 0 Å². The number of aliphatic hydroxyl groups is 1. The van der Waals surface area contributed by atoms with Gasteiger partial charge in [0.1, 0.15) is 11.6 Å². The fourth-order valence-electron chi connectivity index (χ4n) is 4.20. The predicted molar refractivity (Wildman–Crippen MR) is 136 cm³/mol. The minimum Gasteiger partial charge on any atom is -0.478 e. The van der Waals surface area contributed by atoms with Gasteiger partial charge in [-0.1, -0.05) is 36.4 Å². The van der Waals surface area contributed by atoms with Gasteiger partial charge in [0.2, 0.25) is 0 Å². The Morgan fingerprint density at radius 3 is 2.50 bits per heavy atom. The lowest BCUT2D eigenvalue weighted by molar-refractivity contribution is -0.00398. The van der Waals surface area contributed by atoms with E-state index in [1.165, 1.54) is 6.07 Å². The number of ether oxygens (including phenoxy) is 1. The fraction of sp³-hybridized carbons (Fsp3) is 0.345. The number of carbonyl (C=O) groups is 1. The summed E-state index contributed by atoms with van der Waals surface area (Å²) in [6.45, 7) is 7.68. The van der Waals surface area contributed by atoms with Crippen LogP contribution < -0.4 is 5.32 Å². The second kappa shape index (κ2) is 11.7. The SMILES string of the molecule is Cc1cc(-c2ccccc2C(C)OC[C@H](O)CNC(C)(C)Cc2cc(F)ccc2F)ccc1C(=O)O. The van der Waals surface area contributed by atoms with E-state index < -0.39 is 29.2 Å². The molecular formula is C29H33F2NO4. The van der Waals surface area contributed by atoms with Gasteiger partial charge in [-0.2, -0.15) is 0 Å². The van der Waals surface area contributed by atoms with Gasteiger partial charge in [-0.15, -0.1) is 0 Å². The molecule has 3 aromatic rings. The van der Waals surface area contributed by atoms with Gasteiger partial charge in [-0.05, 0) is 86.2 Å². The molecule has 1 unspecified atom stereocenters. The molecular weight excluding hydrogens is 464 g/mol. The lowest BCUT2D eigenvalue weighted by Gasteiger charge is -2.28. The number of nitrogens with one attached hydrogen (secondary N) is 1. The second-order valence-electron chi connectivity index (χ2n) is 9.73. The first-order chi connectivity index (χ1) is 17.0. The molecule has 0 fully saturated rings. The first kappa shape index (κ1) is 27.5. The summed E-state index contributed by atoms with van der Waals surface area (Å²) in [6.07, 6.45) is -0.883. The van der Waals surface area contributed by atoms with Crippen molar-refractivity contribution in [3.8, 4) is 11.1 Å². The fourth-order valence-corrected chi connectivity index (χ4v) is 4.20. The highest BCUT2D eigenvalue weighted by Gasteiger charge is 2.22. The molecule has 0 spiro atoms. The summed E-state index contributed by atoms with van der Waals surface area (Å²) >= 11 is 0. The average molecular weight is 498 g/mol. The number of carboxylic acid groups (broad SMARTS) is 1. The molecule has 3 rings (SSSR count). The van der Waals surface area contributed by atoms with E-state index in [0.717, 1.165) is 28.8 Å². The molecule has 5 nitrogen and oxygen atoms in total. The standard InChI is InChI=1S/C29H33F2NO4/c1-18-13-20(9-11-24(18)28(34)35)26-8-6-5-7-25(26)19(2)36-17-23(33)16-32-29(3,4)15-21-14-22(30)10-12-27(21)31/h5-14,19,23,32-33H,15-17H2,1-4H3,(H,34,35)/t19?,23-/m1/s1. The summed E-state index contributed by atoms with van der Waals surface area (Å²) in [7, 11) is 0. The van der Waals surface area contributed by atoms with Crippen LogP contribution in [0.25, 0.3) is 11.1 Å². The number of β-amino-alcohol motifs (C(OH)–C–C–N with tert-alkyl or cyclic N) is 1. The van der Waals surface area contributed by atoms with Crippen LogP contribution in [0.4, 0.5) is 8.78 Å². The molecule has 0 aliphatic rings. The van der Waals surface area contributed by atoms with Gasteiger partial charge in [0.05, 0.1) is 24.4 Å². The molecule has 0 amide bonds. The molecule has 36 heavy (non-hydrogen) atoms. The van der Waals surface area contributed by atoms with Crippen LogP contribution in [0.2, 0.25) is 0 Å². The zero-order valence-corrected chi connectivity index (χ0v) is 21.0. The molecule has 3 aromatic carbocycles. The summed E-state index contributed by atoms with van der Waals surface area (Å²) in [5.41, 5.74) is 3.36. The average Bonchev–Trinajstić information content (AvgIpc) is 2.83. The van der Waals surface area contributed by atoms with Crippen LogP contribution in [0.15, 0.2) is 60.7 Å². The molecule has 0 saturated carbocycles. The van der Waals surface area contributed by atoms with E-state index >= 15 is 0 Å². The molecule has 2 atom stereocenters. The van der Waals surface area contributed by atoms with Crippen molar-refractivity contribution < 1.29 is 28.5 Å².